The average Bonchev–Trinajstić information content (AvgIpc) is 3.61. The number of nitrogens with one attached hydrogen (secondary N) is 2. The number of aromatic nitrogens is 3. The third-order valence-electron chi connectivity index (χ3n) is 7.27. The first-order chi connectivity index (χ1) is 23.3. The van der Waals surface area contributed by atoms with E-state index in [0.29, 0.717) is 12.1 Å². The summed E-state index contributed by atoms with van der Waals surface area (Å²) in [6, 6.07) is 4.34. The van der Waals surface area contributed by atoms with E-state index in [1.165, 1.54) is 23.7 Å². The fourth-order valence-corrected chi connectivity index (χ4v) is 7.30. The summed E-state index contributed by atoms with van der Waals surface area (Å²) in [4.78, 5) is 72.1. The average molecular weight is 736 g/mol. The largest absolute Gasteiger partial charge is 0.543 e. The number of carboxylic acids is 2. The molecule has 0 saturated carbocycles. The van der Waals surface area contributed by atoms with Crippen molar-refractivity contribution in [3.05, 3.63) is 51.9 Å². The van der Waals surface area contributed by atoms with Crippen molar-refractivity contribution in [3.63, 3.8) is 0 Å². The molecule has 21 heteroatoms. The number of thiazole rings is 1. The van der Waals surface area contributed by atoms with Gasteiger partial charge in [-0.25, -0.2) is 19.6 Å². The number of fused-ring (bicyclic) bond motifs is 2. The minimum atomic E-state index is -1.56. The monoisotopic (exact) mass is 735 g/mol. The lowest BCUT2D eigenvalue weighted by atomic mass is 10.0. The Kier molecular flexibility index (Phi) is 10.6. The van der Waals surface area contributed by atoms with Gasteiger partial charge in [-0.15, -0.1) is 11.8 Å². The van der Waals surface area contributed by atoms with Crippen LogP contribution in [-0.4, -0.2) is 104 Å². The van der Waals surface area contributed by atoms with E-state index in [9.17, 15) is 29.1 Å². The molecule has 0 bridgehead atoms. The molecule has 5 rings (SSSR count). The van der Waals surface area contributed by atoms with Crippen LogP contribution >= 0.6 is 34.7 Å². The summed E-state index contributed by atoms with van der Waals surface area (Å²) < 4.78 is 8.89. The van der Waals surface area contributed by atoms with Crippen molar-refractivity contribution in [1.82, 2.24) is 30.2 Å². The molecule has 1 saturated heterocycles. The maximum Gasteiger partial charge on any atom is 0.421 e. The van der Waals surface area contributed by atoms with Crippen molar-refractivity contribution >= 4 is 86.4 Å². The predicted octanol–water partition coefficient (Wildman–Crippen LogP) is -0.878. The molecule has 2 aliphatic heterocycles. The first kappa shape index (κ1) is 35.4. The number of pyridine rings is 1. The van der Waals surface area contributed by atoms with Crippen molar-refractivity contribution in [1.29, 1.82) is 0 Å². The van der Waals surface area contributed by atoms with Crippen LogP contribution < -0.4 is 26.1 Å². The highest BCUT2D eigenvalue weighted by Crippen LogP contribution is 2.40. The molecule has 5 heterocycles. The van der Waals surface area contributed by atoms with E-state index >= 15 is 0 Å². The van der Waals surface area contributed by atoms with Gasteiger partial charge >= 0.3 is 12.1 Å². The number of β-lactam (4-membered cyclic amide) rings is 1. The molecule has 0 spiro atoms. The highest BCUT2D eigenvalue weighted by Gasteiger charge is 2.53. The molecule has 49 heavy (non-hydrogen) atoms. The Hall–Kier alpha value is -4.92. The maximum atomic E-state index is 13.4. The van der Waals surface area contributed by atoms with Gasteiger partial charge in [-0.3, -0.25) is 19.9 Å². The first-order valence-corrected chi connectivity index (χ1v) is 16.7. The summed E-state index contributed by atoms with van der Waals surface area (Å²) in [6.07, 6.45) is 1.57. The van der Waals surface area contributed by atoms with Gasteiger partial charge in [0.15, 0.2) is 23.6 Å². The summed E-state index contributed by atoms with van der Waals surface area (Å²) >= 11 is 8.25. The van der Waals surface area contributed by atoms with E-state index in [4.69, 9.17) is 32.0 Å². The Bertz CT molecular complexity index is 1890. The maximum absolute atomic E-state index is 13.4. The van der Waals surface area contributed by atoms with E-state index < -0.39 is 53.1 Å². The van der Waals surface area contributed by atoms with Crippen molar-refractivity contribution in [2.75, 3.05) is 32.2 Å². The van der Waals surface area contributed by atoms with Crippen molar-refractivity contribution in [2.24, 2.45) is 5.16 Å². The Labute approximate surface area is 291 Å². The van der Waals surface area contributed by atoms with Crippen LogP contribution in [0.15, 0.2) is 47.0 Å². The highest BCUT2D eigenvalue weighted by atomic mass is 35.5. The van der Waals surface area contributed by atoms with E-state index in [2.05, 4.69) is 20.9 Å². The van der Waals surface area contributed by atoms with Crippen molar-refractivity contribution in [3.8, 4) is 0 Å². The molecule has 260 valence electrons. The Morgan fingerprint density at radius 2 is 2.08 bits per heavy atom. The number of anilines is 1. The van der Waals surface area contributed by atoms with Gasteiger partial charge in [-0.05, 0) is 13.0 Å². The summed E-state index contributed by atoms with van der Waals surface area (Å²) in [5.41, 5.74) is 9.18. The molecular weight excluding hydrogens is 706 g/mol. The number of hydrogen-bond acceptors (Lipinski definition) is 14. The summed E-state index contributed by atoms with van der Waals surface area (Å²) in [7, 11) is 3.32. The molecule has 0 aromatic carbocycles. The number of nitrogens with two attached hydrogens (primary N) is 1. The van der Waals surface area contributed by atoms with Crippen LogP contribution in [0.1, 0.15) is 12.6 Å². The Morgan fingerprint density at radius 1 is 1.33 bits per heavy atom. The summed E-state index contributed by atoms with van der Waals surface area (Å²) in [5.74, 6) is -4.39. The SMILES string of the molecule is C[C@H](O/N=C(\C(=O)N[C@@H]1C(=O)N2C(C(=O)[O-])=C(C[n+]3cccc4c3ccn4CCOC(=O)NN(C)C)CS[C@H]12)c1nc(N)sc1Cl)C(=O)O. The highest BCUT2D eigenvalue weighted by molar-refractivity contribution is 8.00. The number of halogens is 1. The number of carboxylic acid groups (broad SMARTS) is 2. The number of nitrogen functional groups attached to an aromatic ring is 1. The van der Waals surface area contributed by atoms with E-state index in [0.717, 1.165) is 27.3 Å². The third kappa shape index (κ3) is 7.56. The molecule has 3 aromatic heterocycles. The van der Waals surface area contributed by atoms with Gasteiger partial charge in [-0.1, -0.05) is 28.1 Å². The van der Waals surface area contributed by atoms with Crippen LogP contribution in [0.4, 0.5) is 9.93 Å². The van der Waals surface area contributed by atoms with Gasteiger partial charge in [0.2, 0.25) is 11.6 Å². The predicted molar refractivity (Wildman–Crippen MR) is 174 cm³/mol. The number of oxime groups is 1. The second-order valence-corrected chi connectivity index (χ2v) is 13.6. The smallest absolute Gasteiger partial charge is 0.421 e. The number of nitrogens with zero attached hydrogens (tertiary/aromatic N) is 6. The van der Waals surface area contributed by atoms with Gasteiger partial charge in [0.1, 0.15) is 33.6 Å². The number of aliphatic carboxylic acids is 2. The lowest BCUT2D eigenvalue weighted by Gasteiger charge is -2.50. The molecule has 3 amide bonds. The van der Waals surface area contributed by atoms with Gasteiger partial charge in [0.25, 0.3) is 11.8 Å². The van der Waals surface area contributed by atoms with Crippen LogP contribution in [0.25, 0.3) is 11.0 Å². The van der Waals surface area contributed by atoms with E-state index in [1.54, 1.807) is 26.4 Å². The zero-order valence-corrected chi connectivity index (χ0v) is 28.5. The molecular formula is C28H30ClN9O9S2. The number of hydrazine groups is 1. The standard InChI is InChI=1S/C28H30ClN9O9S2/c1-13(25(41)42)47-34-18(17-21(29)49-27(30)32-17)22(39)31-19-23(40)38-20(26(43)44)14(12-48-24(19)38)11-37-7-4-5-15-16(37)6-8-36(15)9-10-46-28(45)33-35(2)3/h4-8,13,19,24H,9-12H2,1-3H3,(H5-,30,31,32,33,39,41,42,43,44,45)/b34-18-/t13-,19+,24+/m0/s1. The molecule has 3 atom stereocenters. The minimum absolute atomic E-state index is 0.000535. The number of carbonyl (C=O) groups is 5. The molecule has 5 N–H and O–H groups in total. The number of carbonyl (C=O) groups excluding carboxylic acids is 4. The van der Waals surface area contributed by atoms with E-state index in [-0.39, 0.29) is 39.8 Å². The molecule has 2 aliphatic rings. The topological polar surface area (TPSA) is 238 Å². The molecule has 0 aliphatic carbocycles. The zero-order valence-electron chi connectivity index (χ0n) is 26.1. The Balaban J connectivity index is 1.32. The van der Waals surface area contributed by atoms with Gasteiger partial charge in [0.05, 0.1) is 18.2 Å². The van der Waals surface area contributed by atoms with Crippen LogP contribution in [0.2, 0.25) is 4.34 Å². The van der Waals surface area contributed by atoms with Gasteiger partial charge < -0.3 is 40.2 Å². The molecule has 18 nitrogen and oxygen atoms in total. The van der Waals surface area contributed by atoms with Crippen LogP contribution in [0.5, 0.6) is 0 Å². The number of ether oxygens (including phenoxy) is 1. The Morgan fingerprint density at radius 3 is 2.73 bits per heavy atom. The molecule has 3 aromatic rings. The van der Waals surface area contributed by atoms with Gasteiger partial charge in [0, 0.05) is 43.8 Å². The number of thioether (sulfide) groups is 1. The second kappa shape index (κ2) is 14.7. The fourth-order valence-electron chi connectivity index (χ4n) is 5.04. The minimum Gasteiger partial charge on any atom is -0.543 e. The van der Waals surface area contributed by atoms with Crippen molar-refractivity contribution < 1.29 is 48.3 Å². The van der Waals surface area contributed by atoms with Crippen molar-refractivity contribution in [2.45, 2.75) is 37.5 Å². The van der Waals surface area contributed by atoms with Crippen LogP contribution in [0.3, 0.4) is 0 Å². The van der Waals surface area contributed by atoms with Gasteiger partial charge in [-0.2, -0.15) is 4.57 Å². The normalized spacial score (nSPS) is 18.2. The molecule has 0 radical (unpaired) electrons. The lowest BCUT2D eigenvalue weighted by molar-refractivity contribution is -0.663. The zero-order chi connectivity index (χ0) is 35.6. The third-order valence-corrected chi connectivity index (χ3v) is 9.70. The van der Waals surface area contributed by atoms with Crippen LogP contribution in [-0.2, 0) is 41.8 Å². The molecule has 1 fully saturated rings. The number of hydrogen-bond donors (Lipinski definition) is 4. The van der Waals surface area contributed by atoms with Crippen LogP contribution in [0, 0.1) is 0 Å². The lowest BCUT2D eigenvalue weighted by Crippen LogP contribution is -2.71. The second-order valence-electron chi connectivity index (χ2n) is 10.9. The van der Waals surface area contributed by atoms with E-state index in [1.807, 2.05) is 27.5 Å². The summed E-state index contributed by atoms with van der Waals surface area (Å²) in [5, 5.41) is 28.4. The number of amides is 3. The molecule has 0 unspecified atom stereocenters. The first-order valence-electron chi connectivity index (χ1n) is 14.4. The summed E-state index contributed by atoms with van der Waals surface area (Å²) in [6.45, 7) is 1.78. The fraction of sp³-hybridized carbons (Fsp3) is 0.357. The quantitative estimate of drug-likeness (QED) is 0.0723. The number of rotatable bonds is 13.